The summed E-state index contributed by atoms with van der Waals surface area (Å²) in [7, 11) is 0. The van der Waals surface area contributed by atoms with Crippen LogP contribution in [0.1, 0.15) is 40.4 Å². The third-order valence-electron chi connectivity index (χ3n) is 5.22. The van der Waals surface area contributed by atoms with Gasteiger partial charge in [0.05, 0.1) is 17.4 Å². The van der Waals surface area contributed by atoms with Gasteiger partial charge >= 0.3 is 0 Å². The Labute approximate surface area is 170 Å². The molecule has 3 aromatic heterocycles. The molecule has 0 aliphatic carbocycles. The first-order valence-electron chi connectivity index (χ1n) is 9.75. The fraction of sp³-hybridized carbons (Fsp3) is 0.273. The van der Waals surface area contributed by atoms with Crippen molar-refractivity contribution in [3.05, 3.63) is 71.8 Å². The molecule has 3 N–H and O–H groups in total. The number of nitrogen functional groups attached to an aromatic ring is 1. The lowest BCUT2D eigenvalue weighted by Gasteiger charge is -2.32. The Morgan fingerprint density at radius 3 is 2.76 bits per heavy atom. The summed E-state index contributed by atoms with van der Waals surface area (Å²) in [6.07, 6.45) is 7.10. The molecule has 0 aromatic carbocycles. The minimum atomic E-state index is -0.00823. The maximum absolute atomic E-state index is 12.8. The molecule has 0 spiro atoms. The molecule has 3 aromatic rings. The minimum absolute atomic E-state index is 0.00823. The maximum Gasteiger partial charge on any atom is 0.255 e. The first-order valence-corrected chi connectivity index (χ1v) is 9.75. The summed E-state index contributed by atoms with van der Waals surface area (Å²) in [6.45, 7) is 3.42. The number of nitrogens with two attached hydrogens (primary N) is 1. The normalized spacial score (nSPS) is 16.4. The van der Waals surface area contributed by atoms with Gasteiger partial charge in [0.2, 0.25) is 0 Å². The van der Waals surface area contributed by atoms with Gasteiger partial charge < -0.3 is 16.0 Å². The zero-order chi connectivity index (χ0) is 20.2. The first-order chi connectivity index (χ1) is 14.1. The van der Waals surface area contributed by atoms with Crippen LogP contribution in [0.2, 0.25) is 0 Å². The first kappa shape index (κ1) is 18.9. The lowest BCUT2D eigenvalue weighted by Crippen LogP contribution is -2.39. The van der Waals surface area contributed by atoms with Gasteiger partial charge in [-0.1, -0.05) is 6.07 Å². The number of nitrogens with one attached hydrogen (secondary N) is 1. The van der Waals surface area contributed by atoms with E-state index in [9.17, 15) is 4.79 Å². The molecular formula is C22H24N6O. The molecule has 0 radical (unpaired) electrons. The van der Waals surface area contributed by atoms with Crippen LogP contribution in [0.25, 0.3) is 0 Å². The van der Waals surface area contributed by atoms with E-state index >= 15 is 0 Å². The molecule has 1 fully saturated rings. The van der Waals surface area contributed by atoms with Gasteiger partial charge in [0.1, 0.15) is 11.6 Å². The number of anilines is 3. The zero-order valence-electron chi connectivity index (χ0n) is 16.4. The number of carbonyl (C=O) groups excluding carboxylic acids is 1. The molecule has 7 heteroatoms. The van der Waals surface area contributed by atoms with Crippen LogP contribution in [0, 0.1) is 6.92 Å². The monoisotopic (exact) mass is 388 g/mol. The smallest absolute Gasteiger partial charge is 0.255 e. The number of rotatable bonds is 4. The second-order valence-electron chi connectivity index (χ2n) is 7.33. The molecule has 4 heterocycles. The third-order valence-corrected chi connectivity index (χ3v) is 5.22. The highest BCUT2D eigenvalue weighted by Crippen LogP contribution is 2.27. The third kappa shape index (κ3) is 4.34. The van der Waals surface area contributed by atoms with Crippen LogP contribution in [0.15, 0.2) is 55.0 Å². The summed E-state index contributed by atoms with van der Waals surface area (Å²) in [5.41, 5.74) is 9.16. The highest BCUT2D eigenvalue weighted by molar-refractivity contribution is 5.94. The predicted octanol–water partition coefficient (Wildman–Crippen LogP) is 3.53. The van der Waals surface area contributed by atoms with Gasteiger partial charge in [0.15, 0.2) is 0 Å². The van der Waals surface area contributed by atoms with E-state index in [-0.39, 0.29) is 11.8 Å². The van der Waals surface area contributed by atoms with Gasteiger partial charge in [0.25, 0.3) is 5.91 Å². The van der Waals surface area contributed by atoms with Crippen molar-refractivity contribution in [2.75, 3.05) is 24.1 Å². The Balaban J connectivity index is 1.43. The van der Waals surface area contributed by atoms with Crippen molar-refractivity contribution in [1.29, 1.82) is 0 Å². The van der Waals surface area contributed by atoms with Crippen LogP contribution in [-0.4, -0.2) is 38.8 Å². The second kappa shape index (κ2) is 8.26. The maximum atomic E-state index is 12.8. The fourth-order valence-electron chi connectivity index (χ4n) is 3.59. The van der Waals surface area contributed by atoms with Gasteiger partial charge in [-0.15, -0.1) is 0 Å². The number of hydrogen-bond donors (Lipinski definition) is 2. The number of carbonyl (C=O) groups is 1. The molecule has 1 saturated heterocycles. The molecule has 1 aliphatic heterocycles. The number of nitrogens with zero attached hydrogens (tertiary/aromatic N) is 4. The van der Waals surface area contributed by atoms with Gasteiger partial charge in [0, 0.05) is 37.1 Å². The van der Waals surface area contributed by atoms with E-state index in [1.165, 1.54) is 0 Å². The standard InChI is InChI=1S/C22H24N6O/c1-15-4-2-10-24-21(15)27-18-7-8-19(25-13-18)17-5-3-11-28(14-17)22(29)16-6-9-20(23)26-12-16/h2,4,6-10,12-13,17H,3,5,11,14H2,1H3,(H2,23,26)(H,24,27)/t17-/m1/s1. The summed E-state index contributed by atoms with van der Waals surface area (Å²) in [5, 5.41) is 3.30. The van der Waals surface area contributed by atoms with Crippen LogP contribution in [0.5, 0.6) is 0 Å². The van der Waals surface area contributed by atoms with Crippen LogP contribution in [0.4, 0.5) is 17.3 Å². The van der Waals surface area contributed by atoms with Crippen molar-refractivity contribution >= 4 is 23.2 Å². The zero-order valence-corrected chi connectivity index (χ0v) is 16.4. The Kier molecular flexibility index (Phi) is 5.37. The highest BCUT2D eigenvalue weighted by atomic mass is 16.2. The van der Waals surface area contributed by atoms with Gasteiger partial charge in [-0.3, -0.25) is 9.78 Å². The highest BCUT2D eigenvalue weighted by Gasteiger charge is 2.26. The van der Waals surface area contributed by atoms with Crippen molar-refractivity contribution in [3.8, 4) is 0 Å². The lowest BCUT2D eigenvalue weighted by molar-refractivity contribution is 0.0705. The summed E-state index contributed by atoms with van der Waals surface area (Å²) in [5.74, 6) is 1.46. The summed E-state index contributed by atoms with van der Waals surface area (Å²) in [4.78, 5) is 27.7. The van der Waals surface area contributed by atoms with E-state index in [0.29, 0.717) is 17.9 Å². The Morgan fingerprint density at radius 1 is 1.14 bits per heavy atom. The number of pyridine rings is 3. The average molecular weight is 388 g/mol. The van der Waals surface area contributed by atoms with Crippen molar-refractivity contribution in [2.24, 2.45) is 0 Å². The van der Waals surface area contributed by atoms with Gasteiger partial charge in [-0.25, -0.2) is 9.97 Å². The van der Waals surface area contributed by atoms with Gasteiger partial charge in [-0.2, -0.15) is 0 Å². The van der Waals surface area contributed by atoms with E-state index in [0.717, 1.165) is 42.1 Å². The van der Waals surface area contributed by atoms with Crippen LogP contribution >= 0.6 is 0 Å². The largest absolute Gasteiger partial charge is 0.384 e. The van der Waals surface area contributed by atoms with E-state index in [2.05, 4.69) is 20.3 Å². The topological polar surface area (TPSA) is 97.0 Å². The van der Waals surface area contributed by atoms with E-state index in [1.807, 2.05) is 42.3 Å². The SMILES string of the molecule is Cc1cccnc1Nc1ccc([C@@H]2CCCN(C(=O)c3ccc(N)nc3)C2)nc1. The quantitative estimate of drug-likeness (QED) is 0.710. The molecule has 148 valence electrons. The van der Waals surface area contributed by atoms with Crippen molar-refractivity contribution in [2.45, 2.75) is 25.7 Å². The van der Waals surface area contributed by atoms with Crippen LogP contribution in [-0.2, 0) is 0 Å². The number of aryl methyl sites for hydroxylation is 1. The molecular weight excluding hydrogens is 364 g/mol. The second-order valence-corrected chi connectivity index (χ2v) is 7.33. The number of aromatic nitrogens is 3. The molecule has 1 aliphatic rings. The van der Waals surface area contributed by atoms with Crippen LogP contribution < -0.4 is 11.1 Å². The number of piperidine rings is 1. The summed E-state index contributed by atoms with van der Waals surface area (Å²) >= 11 is 0. The molecule has 4 rings (SSSR count). The predicted molar refractivity (Wildman–Crippen MR) is 113 cm³/mol. The van der Waals surface area contributed by atoms with E-state index in [1.54, 1.807) is 24.5 Å². The fourth-order valence-corrected chi connectivity index (χ4v) is 3.59. The molecule has 29 heavy (non-hydrogen) atoms. The molecule has 1 atom stereocenters. The Hall–Kier alpha value is -3.48. The molecule has 7 nitrogen and oxygen atoms in total. The van der Waals surface area contributed by atoms with Crippen molar-refractivity contribution in [3.63, 3.8) is 0 Å². The summed E-state index contributed by atoms with van der Waals surface area (Å²) in [6, 6.07) is 11.4. The lowest BCUT2D eigenvalue weighted by atomic mass is 9.94. The van der Waals surface area contributed by atoms with Gasteiger partial charge in [-0.05, 0) is 55.7 Å². The van der Waals surface area contributed by atoms with E-state index in [4.69, 9.17) is 5.73 Å². The summed E-state index contributed by atoms with van der Waals surface area (Å²) < 4.78 is 0. The number of likely N-dealkylation sites (tertiary alicyclic amines) is 1. The van der Waals surface area contributed by atoms with Crippen molar-refractivity contribution < 1.29 is 4.79 Å². The van der Waals surface area contributed by atoms with Crippen LogP contribution in [0.3, 0.4) is 0 Å². The van der Waals surface area contributed by atoms with Crippen molar-refractivity contribution in [1.82, 2.24) is 19.9 Å². The molecule has 0 saturated carbocycles. The number of hydrogen-bond acceptors (Lipinski definition) is 6. The van der Waals surface area contributed by atoms with E-state index < -0.39 is 0 Å². The Bertz CT molecular complexity index is 987. The minimum Gasteiger partial charge on any atom is -0.384 e. The Morgan fingerprint density at radius 2 is 2.03 bits per heavy atom. The molecule has 1 amide bonds. The molecule has 0 bridgehead atoms. The molecule has 0 unspecified atom stereocenters. The number of amides is 1. The average Bonchev–Trinajstić information content (AvgIpc) is 2.76.